The third kappa shape index (κ3) is 1.66. The molecule has 74 valence electrons. The summed E-state index contributed by atoms with van der Waals surface area (Å²) >= 11 is 0. The van der Waals surface area contributed by atoms with Gasteiger partial charge in [0, 0.05) is 13.1 Å². The van der Waals surface area contributed by atoms with Crippen LogP contribution in [-0.2, 0) is 19.5 Å². The lowest BCUT2D eigenvalue weighted by molar-refractivity contribution is 0.238. The van der Waals surface area contributed by atoms with Crippen molar-refractivity contribution in [1.82, 2.24) is 14.7 Å². The molecule has 1 aliphatic rings. The molecule has 1 aliphatic heterocycles. The molecule has 1 aromatic rings. The Labute approximate surface area is 84.7 Å². The SMILES string of the molecule is C#CCN1CCn2nc(CC)cc2C1. The average Bonchev–Trinajstić information content (AvgIpc) is 2.60. The number of hydrogen-bond donors (Lipinski definition) is 0. The van der Waals surface area contributed by atoms with Crippen LogP contribution in [0, 0.1) is 12.3 Å². The molecule has 0 radical (unpaired) electrons. The predicted molar refractivity (Wildman–Crippen MR) is 55.7 cm³/mol. The molecule has 0 fully saturated rings. The van der Waals surface area contributed by atoms with Crippen LogP contribution in [-0.4, -0.2) is 27.8 Å². The van der Waals surface area contributed by atoms with Crippen molar-refractivity contribution in [3.05, 3.63) is 17.5 Å². The van der Waals surface area contributed by atoms with Gasteiger partial charge in [-0.25, -0.2) is 0 Å². The van der Waals surface area contributed by atoms with Gasteiger partial charge in [0.05, 0.1) is 24.5 Å². The van der Waals surface area contributed by atoms with Crippen molar-refractivity contribution in [3.63, 3.8) is 0 Å². The minimum absolute atomic E-state index is 0.743. The van der Waals surface area contributed by atoms with Crippen LogP contribution in [0.1, 0.15) is 18.3 Å². The van der Waals surface area contributed by atoms with Crippen molar-refractivity contribution in [3.8, 4) is 12.3 Å². The van der Waals surface area contributed by atoms with Crippen LogP contribution in [0.2, 0.25) is 0 Å². The van der Waals surface area contributed by atoms with Crippen molar-refractivity contribution >= 4 is 0 Å². The first kappa shape index (κ1) is 9.29. The molecule has 0 amide bonds. The maximum atomic E-state index is 5.30. The Morgan fingerprint density at radius 2 is 2.43 bits per heavy atom. The number of hydrogen-bond acceptors (Lipinski definition) is 2. The quantitative estimate of drug-likeness (QED) is 0.644. The maximum absolute atomic E-state index is 5.30. The van der Waals surface area contributed by atoms with Gasteiger partial charge >= 0.3 is 0 Å². The van der Waals surface area contributed by atoms with E-state index in [1.54, 1.807) is 0 Å². The Morgan fingerprint density at radius 3 is 3.14 bits per heavy atom. The number of rotatable bonds is 2. The molecule has 0 aromatic carbocycles. The summed E-state index contributed by atoms with van der Waals surface area (Å²) in [5.41, 5.74) is 2.48. The Kier molecular flexibility index (Phi) is 2.55. The Morgan fingerprint density at radius 1 is 1.57 bits per heavy atom. The van der Waals surface area contributed by atoms with Crippen LogP contribution >= 0.6 is 0 Å². The highest BCUT2D eigenvalue weighted by Crippen LogP contribution is 2.13. The summed E-state index contributed by atoms with van der Waals surface area (Å²) in [6, 6.07) is 2.18. The largest absolute Gasteiger partial charge is 0.285 e. The summed E-state index contributed by atoms with van der Waals surface area (Å²) < 4.78 is 2.10. The molecule has 0 bridgehead atoms. The van der Waals surface area contributed by atoms with Gasteiger partial charge in [-0.1, -0.05) is 12.8 Å². The van der Waals surface area contributed by atoms with Gasteiger partial charge in [-0.2, -0.15) is 5.10 Å². The van der Waals surface area contributed by atoms with Crippen LogP contribution < -0.4 is 0 Å². The molecule has 0 unspecified atom stereocenters. The zero-order valence-electron chi connectivity index (χ0n) is 8.53. The zero-order valence-corrected chi connectivity index (χ0v) is 8.53. The second-order valence-corrected chi connectivity index (χ2v) is 3.62. The standard InChI is InChI=1S/C11H15N3/c1-3-5-13-6-7-14-11(9-13)8-10(4-2)12-14/h1,8H,4-7,9H2,2H3. The maximum Gasteiger partial charge on any atom is 0.0625 e. The third-order valence-corrected chi connectivity index (χ3v) is 2.60. The van der Waals surface area contributed by atoms with E-state index >= 15 is 0 Å². The second kappa shape index (κ2) is 3.85. The first-order chi connectivity index (χ1) is 6.83. The smallest absolute Gasteiger partial charge is 0.0625 e. The predicted octanol–water partition coefficient (Wildman–Crippen LogP) is 0.894. The highest BCUT2D eigenvalue weighted by atomic mass is 15.3. The average molecular weight is 189 g/mol. The van der Waals surface area contributed by atoms with Gasteiger partial charge in [0.25, 0.3) is 0 Å². The van der Waals surface area contributed by atoms with E-state index in [1.807, 2.05) is 0 Å². The lowest BCUT2D eigenvalue weighted by atomic mass is 10.2. The van der Waals surface area contributed by atoms with Crippen molar-refractivity contribution in [2.45, 2.75) is 26.4 Å². The molecule has 0 saturated carbocycles. The fraction of sp³-hybridized carbons (Fsp3) is 0.545. The molecule has 3 nitrogen and oxygen atoms in total. The van der Waals surface area contributed by atoms with E-state index in [0.29, 0.717) is 0 Å². The summed E-state index contributed by atoms with van der Waals surface area (Å²) in [5.74, 6) is 2.69. The fourth-order valence-corrected chi connectivity index (χ4v) is 1.82. The third-order valence-electron chi connectivity index (χ3n) is 2.60. The molecule has 0 spiro atoms. The number of nitrogens with zero attached hydrogens (tertiary/aromatic N) is 3. The zero-order chi connectivity index (χ0) is 9.97. The molecular formula is C11H15N3. The second-order valence-electron chi connectivity index (χ2n) is 3.62. The molecule has 1 aromatic heterocycles. The minimum Gasteiger partial charge on any atom is -0.285 e. The molecule has 2 heterocycles. The van der Waals surface area contributed by atoms with Gasteiger partial charge in [0.1, 0.15) is 0 Å². The molecule has 0 aliphatic carbocycles. The Bertz CT molecular complexity index is 359. The van der Waals surface area contributed by atoms with Gasteiger partial charge < -0.3 is 0 Å². The van der Waals surface area contributed by atoms with E-state index in [9.17, 15) is 0 Å². The van der Waals surface area contributed by atoms with E-state index in [2.05, 4.69) is 33.6 Å². The monoisotopic (exact) mass is 189 g/mol. The molecular weight excluding hydrogens is 174 g/mol. The van der Waals surface area contributed by atoms with Crippen molar-refractivity contribution in [2.24, 2.45) is 0 Å². The summed E-state index contributed by atoms with van der Waals surface area (Å²) in [5, 5.41) is 4.50. The van der Waals surface area contributed by atoms with Gasteiger partial charge in [-0.15, -0.1) is 6.42 Å². The first-order valence-corrected chi connectivity index (χ1v) is 5.05. The highest BCUT2D eigenvalue weighted by molar-refractivity contribution is 5.12. The molecule has 0 N–H and O–H groups in total. The lowest BCUT2D eigenvalue weighted by Crippen LogP contribution is -2.33. The summed E-state index contributed by atoms with van der Waals surface area (Å²) in [6.45, 7) is 5.80. The molecule has 14 heavy (non-hydrogen) atoms. The van der Waals surface area contributed by atoms with Crippen LogP contribution in [0.5, 0.6) is 0 Å². The Balaban J connectivity index is 2.14. The molecule has 2 rings (SSSR count). The summed E-state index contributed by atoms with van der Waals surface area (Å²) in [4.78, 5) is 2.27. The highest BCUT2D eigenvalue weighted by Gasteiger charge is 2.16. The number of fused-ring (bicyclic) bond motifs is 1. The van der Waals surface area contributed by atoms with E-state index < -0.39 is 0 Å². The molecule has 0 saturated heterocycles. The lowest BCUT2D eigenvalue weighted by Gasteiger charge is -2.25. The van der Waals surface area contributed by atoms with E-state index in [0.717, 1.165) is 32.6 Å². The normalized spacial score (nSPS) is 16.3. The van der Waals surface area contributed by atoms with E-state index in [1.165, 1.54) is 11.4 Å². The van der Waals surface area contributed by atoms with Crippen molar-refractivity contribution in [2.75, 3.05) is 13.1 Å². The number of aromatic nitrogens is 2. The van der Waals surface area contributed by atoms with E-state index in [4.69, 9.17) is 6.42 Å². The summed E-state index contributed by atoms with van der Waals surface area (Å²) in [7, 11) is 0. The number of terminal acetylenes is 1. The van der Waals surface area contributed by atoms with Crippen LogP contribution in [0.25, 0.3) is 0 Å². The summed E-state index contributed by atoms with van der Waals surface area (Å²) in [6.07, 6.45) is 6.31. The first-order valence-electron chi connectivity index (χ1n) is 5.05. The van der Waals surface area contributed by atoms with E-state index in [-0.39, 0.29) is 0 Å². The topological polar surface area (TPSA) is 21.1 Å². The molecule has 0 atom stereocenters. The van der Waals surface area contributed by atoms with Gasteiger partial charge in [-0.05, 0) is 12.5 Å². The fourth-order valence-electron chi connectivity index (χ4n) is 1.82. The number of aryl methyl sites for hydroxylation is 1. The van der Waals surface area contributed by atoms with Gasteiger partial charge in [-0.3, -0.25) is 9.58 Å². The van der Waals surface area contributed by atoms with Crippen LogP contribution in [0.4, 0.5) is 0 Å². The van der Waals surface area contributed by atoms with Gasteiger partial charge in [0.2, 0.25) is 0 Å². The van der Waals surface area contributed by atoms with Crippen LogP contribution in [0.3, 0.4) is 0 Å². The van der Waals surface area contributed by atoms with Gasteiger partial charge in [0.15, 0.2) is 0 Å². The minimum atomic E-state index is 0.743. The van der Waals surface area contributed by atoms with Crippen molar-refractivity contribution < 1.29 is 0 Å². The Hall–Kier alpha value is -1.27. The molecule has 3 heteroatoms. The van der Waals surface area contributed by atoms with Crippen molar-refractivity contribution in [1.29, 1.82) is 0 Å². The van der Waals surface area contributed by atoms with Crippen LogP contribution in [0.15, 0.2) is 6.07 Å².